The first-order valence-corrected chi connectivity index (χ1v) is 13.4. The van der Waals surface area contributed by atoms with Gasteiger partial charge in [0.1, 0.15) is 17.4 Å². The van der Waals surface area contributed by atoms with Crippen molar-refractivity contribution in [1.29, 1.82) is 5.26 Å². The molecule has 2 saturated heterocycles. The zero-order valence-corrected chi connectivity index (χ0v) is 22.4. The second-order valence-electron chi connectivity index (χ2n) is 11.2. The number of imide groups is 1. The van der Waals surface area contributed by atoms with E-state index >= 15 is 0 Å². The molecule has 0 spiro atoms. The van der Waals surface area contributed by atoms with E-state index in [2.05, 4.69) is 16.0 Å². The Kier molecular flexibility index (Phi) is 5.27. The molecule has 194 valence electrons. The van der Waals surface area contributed by atoms with E-state index in [-0.39, 0.29) is 60.3 Å². The van der Waals surface area contributed by atoms with Gasteiger partial charge in [-0.05, 0) is 42.5 Å². The summed E-state index contributed by atoms with van der Waals surface area (Å²) in [6.45, 7) is 7.61. The summed E-state index contributed by atoms with van der Waals surface area (Å²) in [6, 6.07) is 7.21. The average molecular weight is 532 g/mol. The number of thiophene rings is 1. The molecule has 0 aromatic carbocycles. The van der Waals surface area contributed by atoms with Crippen molar-refractivity contribution in [1.82, 2.24) is 19.8 Å². The first kappa shape index (κ1) is 24.6. The number of rotatable bonds is 5. The van der Waals surface area contributed by atoms with Crippen LogP contribution in [0.25, 0.3) is 21.5 Å². The largest absolute Gasteiger partial charge is 0.332 e. The van der Waals surface area contributed by atoms with E-state index < -0.39 is 5.67 Å². The summed E-state index contributed by atoms with van der Waals surface area (Å²) >= 11 is 1.38. The third-order valence-electron chi connectivity index (χ3n) is 8.34. The van der Waals surface area contributed by atoms with Crippen LogP contribution in [-0.4, -0.2) is 56.2 Å². The van der Waals surface area contributed by atoms with Crippen LogP contribution < -0.4 is 0 Å². The molecule has 3 aromatic heterocycles. The van der Waals surface area contributed by atoms with Gasteiger partial charge in [-0.1, -0.05) is 20.8 Å². The Hall–Kier alpha value is -3.71. The molecule has 8 nitrogen and oxygen atoms in total. The summed E-state index contributed by atoms with van der Waals surface area (Å²) in [6.07, 6.45) is 1.94. The van der Waals surface area contributed by atoms with Gasteiger partial charge < -0.3 is 4.90 Å². The zero-order valence-electron chi connectivity index (χ0n) is 21.5. The Morgan fingerprint density at radius 3 is 2.55 bits per heavy atom. The highest BCUT2D eigenvalue weighted by Gasteiger charge is 2.72. The average Bonchev–Trinajstić information content (AvgIpc) is 3.11. The van der Waals surface area contributed by atoms with Crippen molar-refractivity contribution >= 4 is 39.3 Å². The van der Waals surface area contributed by atoms with E-state index in [0.29, 0.717) is 34.3 Å². The number of nitriles is 1. The van der Waals surface area contributed by atoms with Gasteiger partial charge in [-0.25, -0.2) is 9.37 Å². The number of halogens is 1. The lowest BCUT2D eigenvalue weighted by atomic mass is 9.91. The maximum Gasteiger partial charge on any atom is 0.256 e. The molecule has 2 aliphatic heterocycles. The summed E-state index contributed by atoms with van der Waals surface area (Å²) in [5.74, 6) is -1.08. The molecule has 2 atom stereocenters. The van der Waals surface area contributed by atoms with Crippen LogP contribution in [0.5, 0.6) is 0 Å². The van der Waals surface area contributed by atoms with Gasteiger partial charge in [-0.2, -0.15) is 5.26 Å². The first-order chi connectivity index (χ1) is 18.0. The van der Waals surface area contributed by atoms with Gasteiger partial charge >= 0.3 is 0 Å². The van der Waals surface area contributed by atoms with E-state index in [4.69, 9.17) is 0 Å². The van der Waals surface area contributed by atoms with Gasteiger partial charge in [-0.15, -0.1) is 11.3 Å². The quantitative estimate of drug-likeness (QED) is 0.456. The minimum atomic E-state index is -1.38. The maximum atomic E-state index is 14.6. The fourth-order valence-corrected chi connectivity index (χ4v) is 7.04. The number of nitrogens with zero attached hydrogens (tertiary/aromatic N) is 5. The number of hydrogen-bond acceptors (Lipinski definition) is 7. The summed E-state index contributed by atoms with van der Waals surface area (Å²) < 4.78 is 15.3. The number of carbonyl (C=O) groups excluding carboxylic acids is 3. The molecule has 2 unspecified atom stereocenters. The number of amides is 3. The number of aryl methyl sites for hydroxylation is 1. The highest BCUT2D eigenvalue weighted by atomic mass is 32.1. The second kappa shape index (κ2) is 8.14. The molecule has 0 N–H and O–H groups in total. The van der Waals surface area contributed by atoms with Gasteiger partial charge in [0.05, 0.1) is 52.9 Å². The normalized spacial score (nSPS) is 22.8. The minimum absolute atomic E-state index is 0.0206. The highest BCUT2D eigenvalue weighted by molar-refractivity contribution is 7.19. The van der Waals surface area contributed by atoms with Crippen molar-refractivity contribution in [3.8, 4) is 17.3 Å². The maximum absolute atomic E-state index is 14.6. The first-order valence-electron chi connectivity index (χ1n) is 12.6. The third kappa shape index (κ3) is 3.48. The van der Waals surface area contributed by atoms with E-state index in [1.54, 1.807) is 32.2 Å². The lowest BCUT2D eigenvalue weighted by Gasteiger charge is -2.44. The standard InChI is InChI=1S/C28H26FN5O3S/c1-5-28(29)12-33(13-28)24(35)19-14(2)8-15(10-30)32-22(19)17-6-7-31-18-9-16(38-23(17)18)11-34-25(36)20-21(26(34)37)27(20,3)4/h6-9,20-21H,5,11-13H2,1-4H3. The number of fused-ring (bicyclic) bond motifs is 2. The third-order valence-corrected chi connectivity index (χ3v) is 9.48. The molecular weight excluding hydrogens is 505 g/mol. The number of pyridine rings is 2. The van der Waals surface area contributed by atoms with E-state index in [9.17, 15) is 24.0 Å². The molecule has 3 fully saturated rings. The van der Waals surface area contributed by atoms with Crippen LogP contribution >= 0.6 is 11.3 Å². The number of hydrogen-bond donors (Lipinski definition) is 0. The topological polar surface area (TPSA) is 107 Å². The smallest absolute Gasteiger partial charge is 0.256 e. The molecule has 38 heavy (non-hydrogen) atoms. The molecule has 5 heterocycles. The van der Waals surface area contributed by atoms with Gasteiger partial charge in [0.15, 0.2) is 0 Å². The lowest BCUT2D eigenvalue weighted by molar-refractivity contribution is -0.143. The summed E-state index contributed by atoms with van der Waals surface area (Å²) in [7, 11) is 0. The van der Waals surface area contributed by atoms with E-state index in [0.717, 1.165) is 9.58 Å². The van der Waals surface area contributed by atoms with Crippen molar-refractivity contribution in [2.45, 2.75) is 46.3 Å². The van der Waals surface area contributed by atoms with Gasteiger partial charge in [0.2, 0.25) is 11.8 Å². The van der Waals surface area contributed by atoms with Gasteiger partial charge in [0, 0.05) is 16.6 Å². The molecule has 6 rings (SSSR count). The Morgan fingerprint density at radius 2 is 1.92 bits per heavy atom. The summed E-state index contributed by atoms with van der Waals surface area (Å²) in [5.41, 5.74) is 1.05. The van der Waals surface area contributed by atoms with Crippen molar-refractivity contribution in [2.24, 2.45) is 17.3 Å². The molecule has 1 aliphatic carbocycles. The van der Waals surface area contributed by atoms with Crippen LogP contribution in [-0.2, 0) is 16.1 Å². The second-order valence-corrected chi connectivity index (χ2v) is 12.3. The Labute approximate surface area is 223 Å². The molecule has 0 bridgehead atoms. The van der Waals surface area contributed by atoms with Gasteiger partial charge in [-0.3, -0.25) is 24.3 Å². The molecule has 3 aromatic rings. The molecule has 0 radical (unpaired) electrons. The van der Waals surface area contributed by atoms with Crippen LogP contribution in [0.15, 0.2) is 24.4 Å². The van der Waals surface area contributed by atoms with Gasteiger partial charge in [0.25, 0.3) is 5.91 Å². The van der Waals surface area contributed by atoms with Crippen LogP contribution in [0.1, 0.15) is 53.7 Å². The van der Waals surface area contributed by atoms with Crippen LogP contribution in [0.3, 0.4) is 0 Å². The predicted molar refractivity (Wildman–Crippen MR) is 139 cm³/mol. The molecule has 1 saturated carbocycles. The van der Waals surface area contributed by atoms with Crippen molar-refractivity contribution < 1.29 is 18.8 Å². The number of likely N-dealkylation sites (tertiary alicyclic amines) is 2. The SMILES string of the molecule is CCC1(F)CN(C(=O)c2c(C)cc(C#N)nc2-c2ccnc3cc(CN4C(=O)C5C(C4=O)C5(C)C)sc23)C1. The van der Waals surface area contributed by atoms with Crippen molar-refractivity contribution in [2.75, 3.05) is 13.1 Å². The number of aromatic nitrogens is 2. The molecule has 10 heteroatoms. The monoisotopic (exact) mass is 531 g/mol. The Balaban J connectivity index is 1.38. The van der Waals surface area contributed by atoms with Crippen LogP contribution in [0.2, 0.25) is 0 Å². The minimum Gasteiger partial charge on any atom is -0.332 e. The van der Waals surface area contributed by atoms with Crippen LogP contribution in [0, 0.1) is 35.5 Å². The number of alkyl halides is 1. The highest BCUT2D eigenvalue weighted by Crippen LogP contribution is 2.63. The lowest BCUT2D eigenvalue weighted by Crippen LogP contribution is -2.60. The van der Waals surface area contributed by atoms with Crippen LogP contribution in [0.4, 0.5) is 4.39 Å². The predicted octanol–water partition coefficient (Wildman–Crippen LogP) is 4.25. The van der Waals surface area contributed by atoms with E-state index in [1.807, 2.05) is 19.9 Å². The number of carbonyl (C=O) groups is 3. The molecule has 3 amide bonds. The zero-order chi connectivity index (χ0) is 27.1. The summed E-state index contributed by atoms with van der Waals surface area (Å²) in [4.78, 5) is 51.8. The molecular formula is C28H26FN5O3S. The van der Waals surface area contributed by atoms with Crippen molar-refractivity contribution in [3.63, 3.8) is 0 Å². The number of piperidine rings is 1. The van der Waals surface area contributed by atoms with Crippen molar-refractivity contribution in [3.05, 3.63) is 46.1 Å². The molecule has 3 aliphatic rings. The Bertz CT molecular complexity index is 1580. The fourth-order valence-electron chi connectivity index (χ4n) is 5.93. The fraction of sp³-hybridized carbons (Fsp3) is 0.429. The van der Waals surface area contributed by atoms with E-state index in [1.165, 1.54) is 21.1 Å². The summed E-state index contributed by atoms with van der Waals surface area (Å²) in [5, 5.41) is 9.58. The Morgan fingerprint density at radius 1 is 1.24 bits per heavy atom.